The maximum atomic E-state index is 10.6. The largest absolute Gasteiger partial charge is 0.493 e. The van der Waals surface area contributed by atoms with Crippen molar-refractivity contribution in [2.75, 3.05) is 13.2 Å². The van der Waals surface area contributed by atoms with Crippen molar-refractivity contribution in [2.24, 2.45) is 5.73 Å². The SMILES string of the molecule is CCNC(C)CCc1ccc(OCCC(N)=O)cc1. The van der Waals surface area contributed by atoms with E-state index >= 15 is 0 Å². The maximum absolute atomic E-state index is 10.6. The lowest BCUT2D eigenvalue weighted by Gasteiger charge is -2.12. The van der Waals surface area contributed by atoms with E-state index in [1.165, 1.54) is 5.56 Å². The molecular weight excluding hydrogens is 240 g/mol. The molecule has 0 saturated heterocycles. The van der Waals surface area contributed by atoms with E-state index in [1.54, 1.807) is 0 Å². The van der Waals surface area contributed by atoms with Crippen LogP contribution in [0.2, 0.25) is 0 Å². The van der Waals surface area contributed by atoms with Crippen LogP contribution in [0.15, 0.2) is 24.3 Å². The number of carbonyl (C=O) groups is 1. The number of aryl methyl sites for hydroxylation is 1. The average Bonchev–Trinajstić information content (AvgIpc) is 2.38. The minimum atomic E-state index is -0.339. The molecule has 0 aliphatic rings. The van der Waals surface area contributed by atoms with E-state index in [2.05, 4.69) is 31.3 Å². The molecule has 4 heteroatoms. The predicted octanol–water partition coefficient (Wildman–Crippen LogP) is 1.87. The zero-order chi connectivity index (χ0) is 14.1. The molecule has 3 N–H and O–H groups in total. The van der Waals surface area contributed by atoms with Gasteiger partial charge in [-0.15, -0.1) is 0 Å². The first-order chi connectivity index (χ1) is 9.11. The number of rotatable bonds is 9. The van der Waals surface area contributed by atoms with Gasteiger partial charge in [0.2, 0.25) is 5.91 Å². The Morgan fingerprint density at radius 1 is 1.37 bits per heavy atom. The first-order valence-corrected chi connectivity index (χ1v) is 6.85. The van der Waals surface area contributed by atoms with Gasteiger partial charge in [-0.25, -0.2) is 0 Å². The summed E-state index contributed by atoms with van der Waals surface area (Å²) in [5.74, 6) is 0.443. The topological polar surface area (TPSA) is 64.3 Å². The Hall–Kier alpha value is -1.55. The average molecular weight is 264 g/mol. The van der Waals surface area contributed by atoms with Crippen molar-refractivity contribution < 1.29 is 9.53 Å². The van der Waals surface area contributed by atoms with Gasteiger partial charge >= 0.3 is 0 Å². The number of hydrogen-bond donors (Lipinski definition) is 2. The maximum Gasteiger partial charge on any atom is 0.220 e. The van der Waals surface area contributed by atoms with Gasteiger partial charge in [0.05, 0.1) is 13.0 Å². The molecule has 106 valence electrons. The van der Waals surface area contributed by atoms with Crippen molar-refractivity contribution in [3.8, 4) is 5.75 Å². The minimum Gasteiger partial charge on any atom is -0.493 e. The number of benzene rings is 1. The zero-order valence-electron chi connectivity index (χ0n) is 11.8. The Labute approximate surface area is 115 Å². The molecule has 1 unspecified atom stereocenters. The molecule has 0 spiro atoms. The van der Waals surface area contributed by atoms with Gasteiger partial charge in [0.1, 0.15) is 5.75 Å². The summed E-state index contributed by atoms with van der Waals surface area (Å²) >= 11 is 0. The number of nitrogens with one attached hydrogen (secondary N) is 1. The Balaban J connectivity index is 2.32. The number of ether oxygens (including phenoxy) is 1. The first kappa shape index (κ1) is 15.5. The lowest BCUT2D eigenvalue weighted by molar-refractivity contribution is -0.118. The number of hydrogen-bond acceptors (Lipinski definition) is 3. The summed E-state index contributed by atoms with van der Waals surface area (Å²) in [4.78, 5) is 10.6. The second kappa shape index (κ2) is 8.53. The van der Waals surface area contributed by atoms with E-state index in [1.807, 2.05) is 12.1 Å². The van der Waals surface area contributed by atoms with Gasteiger partial charge < -0.3 is 15.8 Å². The van der Waals surface area contributed by atoms with Gasteiger partial charge in [-0.05, 0) is 44.0 Å². The van der Waals surface area contributed by atoms with Gasteiger partial charge in [0, 0.05) is 6.04 Å². The van der Waals surface area contributed by atoms with Gasteiger partial charge in [0.15, 0.2) is 0 Å². The summed E-state index contributed by atoms with van der Waals surface area (Å²) in [6.07, 6.45) is 2.42. The van der Waals surface area contributed by atoms with Crippen molar-refractivity contribution in [3.05, 3.63) is 29.8 Å². The van der Waals surface area contributed by atoms with Crippen molar-refractivity contribution in [3.63, 3.8) is 0 Å². The molecule has 0 bridgehead atoms. The summed E-state index contributed by atoms with van der Waals surface area (Å²) in [7, 11) is 0. The smallest absolute Gasteiger partial charge is 0.220 e. The summed E-state index contributed by atoms with van der Waals surface area (Å²) in [5.41, 5.74) is 6.35. The second-order valence-electron chi connectivity index (χ2n) is 4.71. The molecule has 0 aliphatic carbocycles. The molecule has 1 aromatic carbocycles. The van der Waals surface area contributed by atoms with Crippen LogP contribution in [0.25, 0.3) is 0 Å². The molecule has 0 aliphatic heterocycles. The van der Waals surface area contributed by atoms with Crippen LogP contribution in [0.5, 0.6) is 5.75 Å². The van der Waals surface area contributed by atoms with E-state index in [0.717, 1.165) is 25.1 Å². The minimum absolute atomic E-state index is 0.252. The summed E-state index contributed by atoms with van der Waals surface area (Å²) in [6, 6.07) is 8.55. The molecule has 0 heterocycles. The van der Waals surface area contributed by atoms with Gasteiger partial charge in [0.25, 0.3) is 0 Å². The van der Waals surface area contributed by atoms with Crippen molar-refractivity contribution in [2.45, 2.75) is 39.2 Å². The highest BCUT2D eigenvalue weighted by atomic mass is 16.5. The molecule has 1 atom stereocenters. The quantitative estimate of drug-likeness (QED) is 0.715. The van der Waals surface area contributed by atoms with Crippen molar-refractivity contribution >= 4 is 5.91 Å². The van der Waals surface area contributed by atoms with E-state index in [-0.39, 0.29) is 12.3 Å². The number of primary amides is 1. The first-order valence-electron chi connectivity index (χ1n) is 6.85. The highest BCUT2D eigenvalue weighted by Gasteiger charge is 2.01. The molecule has 0 aromatic heterocycles. The summed E-state index contributed by atoms with van der Waals surface area (Å²) < 4.78 is 5.42. The monoisotopic (exact) mass is 264 g/mol. The highest BCUT2D eigenvalue weighted by Crippen LogP contribution is 2.14. The molecule has 0 saturated carbocycles. The van der Waals surface area contributed by atoms with E-state index in [4.69, 9.17) is 10.5 Å². The standard InChI is InChI=1S/C15H24N2O2/c1-3-17-12(2)4-5-13-6-8-14(9-7-13)19-11-10-15(16)18/h6-9,12,17H,3-5,10-11H2,1-2H3,(H2,16,18). The Kier molecular flexibility index (Phi) is 6.97. The number of nitrogens with two attached hydrogens (primary N) is 1. The fraction of sp³-hybridized carbons (Fsp3) is 0.533. The number of amides is 1. The predicted molar refractivity (Wildman–Crippen MR) is 77.2 cm³/mol. The molecule has 19 heavy (non-hydrogen) atoms. The fourth-order valence-electron chi connectivity index (χ4n) is 1.86. The van der Waals surface area contributed by atoms with E-state index < -0.39 is 0 Å². The highest BCUT2D eigenvalue weighted by molar-refractivity contribution is 5.73. The Bertz CT molecular complexity index is 376. The van der Waals surface area contributed by atoms with Crippen LogP contribution in [0.1, 0.15) is 32.3 Å². The third kappa shape index (κ3) is 6.82. The molecule has 0 fully saturated rings. The third-order valence-electron chi connectivity index (χ3n) is 2.96. The van der Waals surface area contributed by atoms with Gasteiger partial charge in [-0.1, -0.05) is 19.1 Å². The van der Waals surface area contributed by atoms with Gasteiger partial charge in [-0.3, -0.25) is 4.79 Å². The molecule has 1 rings (SSSR count). The molecule has 1 aromatic rings. The third-order valence-corrected chi connectivity index (χ3v) is 2.96. The van der Waals surface area contributed by atoms with Crippen molar-refractivity contribution in [1.29, 1.82) is 0 Å². The lowest BCUT2D eigenvalue weighted by Crippen LogP contribution is -2.25. The Morgan fingerprint density at radius 3 is 2.63 bits per heavy atom. The molecular formula is C15H24N2O2. The van der Waals surface area contributed by atoms with Crippen LogP contribution < -0.4 is 15.8 Å². The molecule has 0 radical (unpaired) electrons. The van der Waals surface area contributed by atoms with Crippen LogP contribution in [-0.4, -0.2) is 25.1 Å². The van der Waals surface area contributed by atoms with Crippen LogP contribution in [0.4, 0.5) is 0 Å². The van der Waals surface area contributed by atoms with Crippen LogP contribution in [0.3, 0.4) is 0 Å². The van der Waals surface area contributed by atoms with Crippen LogP contribution >= 0.6 is 0 Å². The number of carbonyl (C=O) groups excluding carboxylic acids is 1. The lowest BCUT2D eigenvalue weighted by atomic mass is 10.1. The van der Waals surface area contributed by atoms with Gasteiger partial charge in [-0.2, -0.15) is 0 Å². The Morgan fingerprint density at radius 2 is 2.05 bits per heavy atom. The van der Waals surface area contributed by atoms with Crippen LogP contribution in [-0.2, 0) is 11.2 Å². The van der Waals surface area contributed by atoms with E-state index in [9.17, 15) is 4.79 Å². The zero-order valence-corrected chi connectivity index (χ0v) is 11.8. The summed E-state index contributed by atoms with van der Waals surface area (Å²) in [6.45, 7) is 5.67. The normalized spacial score (nSPS) is 12.1. The second-order valence-corrected chi connectivity index (χ2v) is 4.71. The summed E-state index contributed by atoms with van der Waals surface area (Å²) in [5, 5.41) is 3.40. The van der Waals surface area contributed by atoms with Crippen molar-refractivity contribution in [1.82, 2.24) is 5.32 Å². The van der Waals surface area contributed by atoms with E-state index in [0.29, 0.717) is 12.6 Å². The molecule has 1 amide bonds. The fourth-order valence-corrected chi connectivity index (χ4v) is 1.86. The van der Waals surface area contributed by atoms with Crippen LogP contribution in [0, 0.1) is 0 Å². The molecule has 4 nitrogen and oxygen atoms in total.